The molecule has 3 rings (SSSR count). The highest BCUT2D eigenvalue weighted by Crippen LogP contribution is 2.22. The van der Waals surface area contributed by atoms with Crippen molar-refractivity contribution in [1.29, 1.82) is 0 Å². The topological polar surface area (TPSA) is 149 Å². The van der Waals surface area contributed by atoms with E-state index in [-0.39, 0.29) is 42.8 Å². The van der Waals surface area contributed by atoms with Crippen LogP contribution in [0.4, 0.5) is 15.2 Å². The molecule has 1 aromatic carbocycles. The number of methoxy groups -OCH3 is 1. The van der Waals surface area contributed by atoms with Gasteiger partial charge in [-0.25, -0.2) is 19.2 Å². The van der Waals surface area contributed by atoms with Crippen LogP contribution >= 0.6 is 0 Å². The molecule has 1 aliphatic rings. The number of ether oxygens (including phenoxy) is 3. The molecule has 1 atom stereocenters. The first kappa shape index (κ1) is 25.6. The predicted octanol–water partition coefficient (Wildman–Crippen LogP) is 1.75. The van der Waals surface area contributed by atoms with Crippen LogP contribution in [0.15, 0.2) is 22.8 Å². The smallest absolute Gasteiger partial charge is 0.420 e. The monoisotopic (exact) mass is 500 g/mol. The first-order chi connectivity index (χ1) is 16.1. The summed E-state index contributed by atoms with van der Waals surface area (Å²) in [7, 11) is -2.65. The van der Waals surface area contributed by atoms with Gasteiger partial charge in [-0.1, -0.05) is 0 Å². The number of hydrogen-bond acceptors (Lipinski definition) is 9. The van der Waals surface area contributed by atoms with Crippen LogP contribution in [0.1, 0.15) is 28.0 Å². The number of nitrogens with zero attached hydrogens (tertiary/aromatic N) is 2. The molecule has 2 amide bonds. The molecule has 0 aliphatic carbocycles. The first-order valence-corrected chi connectivity index (χ1v) is 11.7. The SMILES string of the molecule is COCC1CCN(S(=O)(=O)NC(=O)c2coc(NC(=O)Oc3cc(C)c(F)cc3C)n2)CCO1. The third-order valence-electron chi connectivity index (χ3n) is 4.91. The third-order valence-corrected chi connectivity index (χ3v) is 6.40. The molecule has 34 heavy (non-hydrogen) atoms. The summed E-state index contributed by atoms with van der Waals surface area (Å²) in [5, 5.41) is 2.18. The van der Waals surface area contributed by atoms with E-state index < -0.39 is 34.0 Å². The quantitative estimate of drug-likeness (QED) is 0.580. The molecule has 186 valence electrons. The minimum atomic E-state index is -4.17. The number of aromatic nitrogens is 1. The predicted molar refractivity (Wildman–Crippen MR) is 116 cm³/mol. The Balaban J connectivity index is 1.58. The number of amides is 2. The van der Waals surface area contributed by atoms with E-state index >= 15 is 0 Å². The Hall–Kier alpha value is -3.07. The zero-order chi connectivity index (χ0) is 24.9. The minimum Gasteiger partial charge on any atom is -0.431 e. The van der Waals surface area contributed by atoms with Crippen LogP contribution in [-0.2, 0) is 19.7 Å². The van der Waals surface area contributed by atoms with E-state index in [1.807, 2.05) is 4.72 Å². The summed E-state index contributed by atoms with van der Waals surface area (Å²) in [6.45, 7) is 3.75. The lowest BCUT2D eigenvalue weighted by Gasteiger charge is -2.19. The molecule has 1 aromatic heterocycles. The summed E-state index contributed by atoms with van der Waals surface area (Å²) < 4.78 is 62.4. The number of anilines is 1. The fraction of sp³-hybridized carbons (Fsp3) is 0.450. The van der Waals surface area contributed by atoms with E-state index in [0.717, 1.165) is 10.6 Å². The molecule has 0 bridgehead atoms. The van der Waals surface area contributed by atoms with Crippen molar-refractivity contribution in [3.8, 4) is 5.75 Å². The summed E-state index contributed by atoms with van der Waals surface area (Å²) in [6.07, 6.45) is 0.0440. The van der Waals surface area contributed by atoms with Gasteiger partial charge in [-0.15, -0.1) is 0 Å². The fourth-order valence-electron chi connectivity index (χ4n) is 3.11. The van der Waals surface area contributed by atoms with Crippen molar-refractivity contribution in [3.63, 3.8) is 0 Å². The maximum Gasteiger partial charge on any atom is 0.420 e. The number of oxazole rings is 1. The van der Waals surface area contributed by atoms with Crippen LogP contribution in [0.2, 0.25) is 0 Å². The Bertz CT molecular complexity index is 1150. The molecule has 2 N–H and O–H groups in total. The lowest BCUT2D eigenvalue weighted by molar-refractivity contribution is 0.00560. The Kier molecular flexibility index (Phi) is 8.19. The molecule has 14 heteroatoms. The summed E-state index contributed by atoms with van der Waals surface area (Å²) in [5.74, 6) is -1.36. The Morgan fingerprint density at radius 2 is 2.03 bits per heavy atom. The van der Waals surface area contributed by atoms with Crippen LogP contribution in [0, 0.1) is 19.7 Å². The second-order valence-electron chi connectivity index (χ2n) is 7.49. The van der Waals surface area contributed by atoms with E-state index in [1.54, 1.807) is 6.92 Å². The van der Waals surface area contributed by atoms with Crippen molar-refractivity contribution < 1.29 is 41.0 Å². The van der Waals surface area contributed by atoms with Crippen LogP contribution < -0.4 is 14.8 Å². The van der Waals surface area contributed by atoms with Gasteiger partial charge < -0.3 is 18.6 Å². The van der Waals surface area contributed by atoms with Gasteiger partial charge in [-0.05, 0) is 43.5 Å². The number of carbonyl (C=O) groups is 2. The van der Waals surface area contributed by atoms with E-state index in [9.17, 15) is 22.4 Å². The van der Waals surface area contributed by atoms with Crippen molar-refractivity contribution in [3.05, 3.63) is 41.0 Å². The van der Waals surface area contributed by atoms with Gasteiger partial charge in [0.05, 0.1) is 19.3 Å². The average Bonchev–Trinajstić information content (AvgIpc) is 3.08. The molecule has 12 nitrogen and oxygen atoms in total. The molecule has 0 spiro atoms. The van der Waals surface area contributed by atoms with Crippen LogP contribution in [0.5, 0.6) is 5.75 Å². The zero-order valence-electron chi connectivity index (χ0n) is 18.8. The Morgan fingerprint density at radius 3 is 2.76 bits per heavy atom. The third kappa shape index (κ3) is 6.50. The van der Waals surface area contributed by atoms with Gasteiger partial charge in [0.1, 0.15) is 17.8 Å². The molecule has 2 aromatic rings. The fourth-order valence-corrected chi connectivity index (χ4v) is 4.24. The molecule has 2 heterocycles. The summed E-state index contributed by atoms with van der Waals surface area (Å²) in [6, 6.07) is 2.18. The number of nitrogens with one attached hydrogen (secondary N) is 2. The highest BCUT2D eigenvalue weighted by Gasteiger charge is 2.29. The number of benzene rings is 1. The normalized spacial score (nSPS) is 17.1. The summed E-state index contributed by atoms with van der Waals surface area (Å²) in [4.78, 5) is 28.2. The van der Waals surface area contributed by atoms with Gasteiger partial charge in [-0.2, -0.15) is 17.7 Å². The van der Waals surface area contributed by atoms with Crippen molar-refractivity contribution in [2.24, 2.45) is 0 Å². The van der Waals surface area contributed by atoms with Crippen LogP contribution in [0.25, 0.3) is 0 Å². The standard InChI is InChI=1S/C20H25FN4O8S/c1-12-9-17(13(2)8-15(12)21)33-20(27)23-19-22-16(11-32-19)18(26)24-34(28,29)25-5-4-14(10-30-3)31-7-6-25/h8-9,11,14H,4-7,10H2,1-3H3,(H,24,26)(H,22,23,27). The Morgan fingerprint density at radius 1 is 1.26 bits per heavy atom. The average molecular weight is 501 g/mol. The van der Waals surface area contributed by atoms with Gasteiger partial charge in [0.2, 0.25) is 0 Å². The number of aryl methyl sites for hydroxylation is 2. The lowest BCUT2D eigenvalue weighted by atomic mass is 10.1. The van der Waals surface area contributed by atoms with Gasteiger partial charge in [0.15, 0.2) is 5.69 Å². The number of halogens is 1. The van der Waals surface area contributed by atoms with Crippen LogP contribution in [-0.4, -0.2) is 69.2 Å². The largest absolute Gasteiger partial charge is 0.431 e. The van der Waals surface area contributed by atoms with Gasteiger partial charge in [-0.3, -0.25) is 4.79 Å². The van der Waals surface area contributed by atoms with Crippen molar-refractivity contribution in [2.75, 3.05) is 38.7 Å². The highest BCUT2D eigenvalue weighted by atomic mass is 32.2. The van der Waals surface area contributed by atoms with Crippen molar-refractivity contribution in [2.45, 2.75) is 26.4 Å². The Labute approximate surface area is 195 Å². The molecule has 0 radical (unpaired) electrons. The maximum atomic E-state index is 13.6. The molecule has 1 unspecified atom stereocenters. The second-order valence-corrected chi connectivity index (χ2v) is 9.16. The van der Waals surface area contributed by atoms with E-state index in [2.05, 4.69) is 10.3 Å². The molecule has 1 aliphatic heterocycles. The van der Waals surface area contributed by atoms with E-state index in [4.69, 9.17) is 18.6 Å². The van der Waals surface area contributed by atoms with Gasteiger partial charge in [0.25, 0.3) is 5.91 Å². The zero-order valence-corrected chi connectivity index (χ0v) is 19.6. The van der Waals surface area contributed by atoms with E-state index in [0.29, 0.717) is 18.6 Å². The van der Waals surface area contributed by atoms with Gasteiger partial charge in [0, 0.05) is 20.2 Å². The molecule has 1 fully saturated rings. The van der Waals surface area contributed by atoms with Crippen LogP contribution in [0.3, 0.4) is 0 Å². The van der Waals surface area contributed by atoms with E-state index in [1.165, 1.54) is 26.2 Å². The molecular weight excluding hydrogens is 475 g/mol. The minimum absolute atomic E-state index is 0.0581. The molecular formula is C20H25FN4O8S. The summed E-state index contributed by atoms with van der Waals surface area (Å²) in [5.41, 5.74) is 0.300. The number of hydrogen-bond donors (Lipinski definition) is 2. The number of carbonyl (C=O) groups excluding carboxylic acids is 2. The van der Waals surface area contributed by atoms with Crippen molar-refractivity contribution >= 4 is 28.2 Å². The number of rotatable bonds is 7. The van der Waals surface area contributed by atoms with Crippen molar-refractivity contribution in [1.82, 2.24) is 14.0 Å². The maximum absolute atomic E-state index is 13.6. The van der Waals surface area contributed by atoms with Gasteiger partial charge >= 0.3 is 22.3 Å². The molecule has 1 saturated heterocycles. The molecule has 0 saturated carbocycles. The lowest BCUT2D eigenvalue weighted by Crippen LogP contribution is -2.44. The first-order valence-electron chi connectivity index (χ1n) is 10.2. The second kappa shape index (κ2) is 10.9. The highest BCUT2D eigenvalue weighted by molar-refractivity contribution is 7.87. The summed E-state index contributed by atoms with van der Waals surface area (Å²) >= 11 is 0.